The number of nitrogens with one attached hydrogen (secondary N) is 1. The van der Waals surface area contributed by atoms with Gasteiger partial charge in [0.05, 0.1) is 13.2 Å². The Balaban J connectivity index is 3.03. The highest BCUT2D eigenvalue weighted by molar-refractivity contribution is 5.90. The molecule has 1 unspecified atom stereocenters. The number of nitro groups is 1. The van der Waals surface area contributed by atoms with Gasteiger partial charge in [-0.15, -0.1) is 0 Å². The maximum Gasteiger partial charge on any atom is 0.491 e. The smallest absolute Gasteiger partial charge is 0.394 e. The van der Waals surface area contributed by atoms with E-state index in [4.69, 9.17) is 10.2 Å². The van der Waals surface area contributed by atoms with E-state index in [1.54, 1.807) is 0 Å². The zero-order valence-electron chi connectivity index (χ0n) is 8.90. The van der Waals surface area contributed by atoms with Crippen LogP contribution in [0.3, 0.4) is 0 Å². The molecule has 3 N–H and O–H groups in total. The number of hydrogen-bond acceptors (Lipinski definition) is 7. The number of aliphatic hydroxyl groups excluding tert-OH is 2. The summed E-state index contributed by atoms with van der Waals surface area (Å²) in [7, 11) is 0. The highest BCUT2D eigenvalue weighted by atomic mass is 16.6. The molecule has 1 heterocycles. The average Bonchev–Trinajstić information content (AvgIpc) is 2.61. The van der Waals surface area contributed by atoms with Gasteiger partial charge in [-0.3, -0.25) is 4.79 Å². The van der Waals surface area contributed by atoms with E-state index in [1.165, 1.54) is 6.92 Å². The molecule has 0 spiro atoms. The summed E-state index contributed by atoms with van der Waals surface area (Å²) < 4.78 is 0.899. The molecule has 0 aliphatic heterocycles. The lowest BCUT2D eigenvalue weighted by Gasteiger charge is -2.04. The van der Waals surface area contributed by atoms with Crippen LogP contribution in [0.4, 0.5) is 5.95 Å². The fourth-order valence-corrected chi connectivity index (χ4v) is 1.08. The van der Waals surface area contributed by atoms with Crippen molar-refractivity contribution in [2.75, 3.05) is 6.61 Å². The largest absolute Gasteiger partial charge is 0.491 e. The molecule has 0 bridgehead atoms. The molecule has 0 saturated heterocycles. The van der Waals surface area contributed by atoms with Crippen molar-refractivity contribution in [1.29, 1.82) is 0 Å². The number of amides is 1. The zero-order valence-corrected chi connectivity index (χ0v) is 8.90. The minimum atomic E-state index is -1.12. The van der Waals surface area contributed by atoms with Crippen LogP contribution in [0.5, 0.6) is 0 Å². The van der Waals surface area contributed by atoms with E-state index < -0.39 is 23.0 Å². The predicted octanol–water partition coefficient (Wildman–Crippen LogP) is -1.75. The normalized spacial score (nSPS) is 12.2. The summed E-state index contributed by atoms with van der Waals surface area (Å²) in [5.74, 6) is -1.89. The van der Waals surface area contributed by atoms with Crippen molar-refractivity contribution >= 4 is 11.9 Å². The molecule has 1 atom stereocenters. The Morgan fingerprint density at radius 1 is 1.71 bits per heavy atom. The van der Waals surface area contributed by atoms with Crippen molar-refractivity contribution < 1.29 is 19.9 Å². The van der Waals surface area contributed by atoms with Crippen LogP contribution in [-0.2, 0) is 6.54 Å². The van der Waals surface area contributed by atoms with Gasteiger partial charge < -0.3 is 25.6 Å². The van der Waals surface area contributed by atoms with Crippen molar-refractivity contribution in [3.05, 3.63) is 15.9 Å². The second-order valence-corrected chi connectivity index (χ2v) is 3.09. The molecule has 1 amide bonds. The summed E-state index contributed by atoms with van der Waals surface area (Å²) in [6.45, 7) is 0.845. The van der Waals surface area contributed by atoms with Gasteiger partial charge in [0, 0.05) is 5.10 Å². The van der Waals surface area contributed by atoms with Gasteiger partial charge in [-0.2, -0.15) is 4.68 Å². The third-order valence-corrected chi connectivity index (χ3v) is 1.68. The number of carbonyl (C=O) groups is 1. The van der Waals surface area contributed by atoms with Crippen LogP contribution in [0.1, 0.15) is 17.5 Å². The van der Waals surface area contributed by atoms with Gasteiger partial charge in [0.15, 0.2) is 0 Å². The molecule has 17 heavy (non-hydrogen) atoms. The van der Waals surface area contributed by atoms with Gasteiger partial charge in [0.1, 0.15) is 6.23 Å². The molecule has 0 aromatic carbocycles. The molecular formula is C7H11N5O5. The lowest BCUT2D eigenvalue weighted by molar-refractivity contribution is -0.394. The fourth-order valence-electron chi connectivity index (χ4n) is 1.08. The first-order chi connectivity index (χ1) is 7.95. The maximum absolute atomic E-state index is 11.5. The Hall–Kier alpha value is -2.07. The number of aliphatic hydroxyl groups is 2. The maximum atomic E-state index is 11.5. The van der Waals surface area contributed by atoms with Crippen molar-refractivity contribution in [3.63, 3.8) is 0 Å². The number of carbonyl (C=O) groups excluding carboxylic acids is 1. The third kappa shape index (κ3) is 3.19. The van der Waals surface area contributed by atoms with Crippen LogP contribution in [0.2, 0.25) is 0 Å². The summed E-state index contributed by atoms with van der Waals surface area (Å²) in [6.07, 6.45) is -1.12. The number of rotatable bonds is 5. The van der Waals surface area contributed by atoms with E-state index in [-0.39, 0.29) is 19.0 Å². The zero-order chi connectivity index (χ0) is 13.0. The number of nitrogens with zero attached hydrogens (tertiary/aromatic N) is 4. The minimum Gasteiger partial charge on any atom is -0.394 e. The lowest BCUT2D eigenvalue weighted by Crippen LogP contribution is -2.34. The van der Waals surface area contributed by atoms with Gasteiger partial charge in [-0.05, 0) is 16.8 Å². The molecule has 1 aromatic heterocycles. The van der Waals surface area contributed by atoms with Crippen molar-refractivity contribution in [2.24, 2.45) is 0 Å². The van der Waals surface area contributed by atoms with Gasteiger partial charge in [0.25, 0.3) is 0 Å². The molecule has 10 heteroatoms. The highest BCUT2D eigenvalue weighted by Gasteiger charge is 2.27. The molecule has 0 aliphatic rings. The first-order valence-electron chi connectivity index (χ1n) is 4.64. The van der Waals surface area contributed by atoms with Gasteiger partial charge in [-0.25, -0.2) is 0 Å². The lowest BCUT2D eigenvalue weighted by atomic mass is 10.5. The van der Waals surface area contributed by atoms with E-state index in [1.807, 2.05) is 0 Å². The predicted molar refractivity (Wildman–Crippen MR) is 52.9 cm³/mol. The van der Waals surface area contributed by atoms with Crippen LogP contribution in [-0.4, -0.2) is 48.6 Å². The summed E-state index contributed by atoms with van der Waals surface area (Å²) in [6, 6.07) is 0. The molecule has 94 valence electrons. The Kier molecular flexibility index (Phi) is 4.06. The van der Waals surface area contributed by atoms with Crippen LogP contribution < -0.4 is 5.32 Å². The Morgan fingerprint density at radius 3 is 2.82 bits per heavy atom. The van der Waals surface area contributed by atoms with Crippen LogP contribution in [0.15, 0.2) is 0 Å². The highest BCUT2D eigenvalue weighted by Crippen LogP contribution is 2.06. The SMILES string of the molecule is CC(O)NC(=O)c1nc([N+](=O)[O-])nn1CCO. The summed E-state index contributed by atoms with van der Waals surface area (Å²) in [5.41, 5.74) is 0. The molecule has 0 saturated carbocycles. The van der Waals surface area contributed by atoms with E-state index >= 15 is 0 Å². The molecule has 1 rings (SSSR count). The van der Waals surface area contributed by atoms with E-state index in [9.17, 15) is 14.9 Å². The summed E-state index contributed by atoms with van der Waals surface area (Å²) in [5, 5.41) is 33.6. The Bertz CT molecular complexity index is 428. The van der Waals surface area contributed by atoms with Crippen molar-refractivity contribution in [2.45, 2.75) is 19.7 Å². The second kappa shape index (κ2) is 5.32. The molecule has 10 nitrogen and oxygen atoms in total. The standard InChI is InChI=1S/C7H11N5O5/c1-4(14)8-6(15)5-9-7(12(16)17)10-11(5)2-3-13/h4,13-14H,2-3H2,1H3,(H,8,15). The Morgan fingerprint density at radius 2 is 2.35 bits per heavy atom. The van der Waals surface area contributed by atoms with Gasteiger partial charge in [0.2, 0.25) is 0 Å². The third-order valence-electron chi connectivity index (χ3n) is 1.68. The van der Waals surface area contributed by atoms with Crippen LogP contribution in [0.25, 0.3) is 0 Å². The number of aromatic nitrogens is 3. The number of hydrogen-bond donors (Lipinski definition) is 3. The monoisotopic (exact) mass is 245 g/mol. The molecule has 0 radical (unpaired) electrons. The fraction of sp³-hybridized carbons (Fsp3) is 0.571. The summed E-state index contributed by atoms with van der Waals surface area (Å²) in [4.78, 5) is 24.5. The molecule has 0 aliphatic carbocycles. The second-order valence-electron chi connectivity index (χ2n) is 3.09. The quantitative estimate of drug-likeness (QED) is 0.317. The Labute approximate surface area is 95.0 Å². The average molecular weight is 245 g/mol. The van der Waals surface area contributed by atoms with E-state index in [0.717, 1.165) is 4.68 Å². The van der Waals surface area contributed by atoms with Gasteiger partial charge in [-0.1, -0.05) is 0 Å². The van der Waals surface area contributed by atoms with E-state index in [2.05, 4.69) is 15.4 Å². The minimum absolute atomic E-state index is 0.108. The first kappa shape index (κ1) is 13.0. The molecular weight excluding hydrogens is 234 g/mol. The molecule has 1 aromatic rings. The van der Waals surface area contributed by atoms with Crippen molar-refractivity contribution in [3.8, 4) is 0 Å². The topological polar surface area (TPSA) is 143 Å². The van der Waals surface area contributed by atoms with Crippen LogP contribution in [0, 0.1) is 10.1 Å². The first-order valence-corrected chi connectivity index (χ1v) is 4.64. The summed E-state index contributed by atoms with van der Waals surface area (Å²) >= 11 is 0. The van der Waals surface area contributed by atoms with Crippen molar-refractivity contribution in [1.82, 2.24) is 20.1 Å². The van der Waals surface area contributed by atoms with E-state index in [0.29, 0.717) is 0 Å². The van der Waals surface area contributed by atoms with Gasteiger partial charge >= 0.3 is 17.7 Å². The van der Waals surface area contributed by atoms with Crippen LogP contribution >= 0.6 is 0 Å². The molecule has 0 fully saturated rings.